The van der Waals surface area contributed by atoms with Gasteiger partial charge in [-0.05, 0) is 37.5 Å². The summed E-state index contributed by atoms with van der Waals surface area (Å²) in [6, 6.07) is 0. The summed E-state index contributed by atoms with van der Waals surface area (Å²) in [5.74, 6) is 0.606. The number of carbonyl (C=O) groups is 2. The summed E-state index contributed by atoms with van der Waals surface area (Å²) in [7, 11) is 0. The molecule has 0 atom stereocenters. The number of hydrogen-bond acceptors (Lipinski definition) is 4. The van der Waals surface area contributed by atoms with Crippen LogP contribution in [0.25, 0.3) is 0 Å². The number of hydrogen-bond donors (Lipinski definition) is 2. The number of carboxylic acids is 1. The Balaban J connectivity index is 1.76. The monoisotopic (exact) mass is 308 g/mol. The topological polar surface area (TPSA) is 97.1 Å². The molecule has 1 heterocycles. The first-order chi connectivity index (χ1) is 10.5. The molecule has 7 heteroatoms. The summed E-state index contributed by atoms with van der Waals surface area (Å²) in [5.41, 5.74) is 0.575. The Bertz CT molecular complexity index is 519. The van der Waals surface area contributed by atoms with E-state index in [1.54, 1.807) is 6.20 Å². The summed E-state index contributed by atoms with van der Waals surface area (Å²) in [5, 5.41) is 19.1. The minimum absolute atomic E-state index is 0.0648. The number of nitrogens with zero attached hydrogens (tertiary/aromatic N) is 3. The third-order valence-corrected chi connectivity index (χ3v) is 4.41. The molecule has 2 N–H and O–H groups in total. The highest BCUT2D eigenvalue weighted by Gasteiger charge is 2.27. The first-order valence-corrected chi connectivity index (χ1v) is 7.84. The molecule has 1 amide bonds. The van der Waals surface area contributed by atoms with E-state index in [2.05, 4.69) is 29.5 Å². The maximum atomic E-state index is 12.2. The smallest absolute Gasteiger partial charge is 0.325 e. The Morgan fingerprint density at radius 3 is 2.64 bits per heavy atom. The van der Waals surface area contributed by atoms with Gasteiger partial charge < -0.3 is 10.4 Å². The molecule has 7 nitrogen and oxygen atoms in total. The first-order valence-electron chi connectivity index (χ1n) is 7.84. The average Bonchev–Trinajstić information content (AvgIpc) is 2.91. The van der Waals surface area contributed by atoms with Crippen molar-refractivity contribution in [2.45, 2.75) is 52.6 Å². The maximum Gasteiger partial charge on any atom is 0.325 e. The van der Waals surface area contributed by atoms with Crippen molar-refractivity contribution in [3.05, 3.63) is 11.9 Å². The zero-order chi connectivity index (χ0) is 16.1. The lowest BCUT2D eigenvalue weighted by Crippen LogP contribution is -2.33. The lowest BCUT2D eigenvalue weighted by atomic mass is 9.77. The molecule has 0 unspecified atom stereocenters. The van der Waals surface area contributed by atoms with Gasteiger partial charge in [0.05, 0.1) is 12.7 Å². The quantitative estimate of drug-likeness (QED) is 0.829. The molecule has 0 saturated heterocycles. The van der Waals surface area contributed by atoms with Gasteiger partial charge >= 0.3 is 5.97 Å². The van der Waals surface area contributed by atoms with Crippen molar-refractivity contribution in [3.63, 3.8) is 0 Å². The van der Waals surface area contributed by atoms with E-state index in [1.165, 1.54) is 4.68 Å². The summed E-state index contributed by atoms with van der Waals surface area (Å²) < 4.78 is 1.25. The minimum atomic E-state index is -0.970. The van der Waals surface area contributed by atoms with Gasteiger partial charge in [0.1, 0.15) is 12.2 Å². The van der Waals surface area contributed by atoms with Gasteiger partial charge in [-0.3, -0.25) is 9.59 Å². The SMILES string of the molecule is CC(C)C1CCC(C(=O)NCc2cn(CC(=O)O)nn2)CC1. The minimum Gasteiger partial charge on any atom is -0.480 e. The number of aromatic nitrogens is 3. The Labute approximate surface area is 130 Å². The lowest BCUT2D eigenvalue weighted by Gasteiger charge is -2.30. The molecule has 0 spiro atoms. The van der Waals surface area contributed by atoms with E-state index in [0.717, 1.165) is 31.6 Å². The largest absolute Gasteiger partial charge is 0.480 e. The van der Waals surface area contributed by atoms with Crippen LogP contribution in [0.2, 0.25) is 0 Å². The number of carbonyl (C=O) groups excluding carboxylic acids is 1. The molecule has 0 radical (unpaired) electrons. The summed E-state index contributed by atoms with van der Waals surface area (Å²) >= 11 is 0. The van der Waals surface area contributed by atoms with E-state index >= 15 is 0 Å². The van der Waals surface area contributed by atoms with E-state index in [4.69, 9.17) is 5.11 Å². The number of rotatable bonds is 6. The van der Waals surface area contributed by atoms with E-state index in [-0.39, 0.29) is 18.4 Å². The van der Waals surface area contributed by atoms with Gasteiger partial charge in [-0.2, -0.15) is 0 Å². The molecule has 1 aliphatic carbocycles. The molecule has 1 aromatic rings. The molecule has 1 aliphatic rings. The molecule has 1 aromatic heterocycles. The number of aliphatic carboxylic acids is 1. The van der Waals surface area contributed by atoms with E-state index < -0.39 is 5.97 Å². The fraction of sp³-hybridized carbons (Fsp3) is 0.733. The highest BCUT2D eigenvalue weighted by Crippen LogP contribution is 2.33. The Kier molecular flexibility index (Phi) is 5.51. The second-order valence-corrected chi connectivity index (χ2v) is 6.37. The Morgan fingerprint density at radius 1 is 1.36 bits per heavy atom. The van der Waals surface area contributed by atoms with Crippen LogP contribution < -0.4 is 5.32 Å². The van der Waals surface area contributed by atoms with Crippen molar-refractivity contribution >= 4 is 11.9 Å². The number of amides is 1. The zero-order valence-electron chi connectivity index (χ0n) is 13.2. The molecule has 0 bridgehead atoms. The van der Waals surface area contributed by atoms with Crippen LogP contribution in [0.5, 0.6) is 0 Å². The fourth-order valence-corrected chi connectivity index (χ4v) is 3.01. The molecule has 2 rings (SSSR count). The highest BCUT2D eigenvalue weighted by molar-refractivity contribution is 5.78. The standard InChI is InChI=1S/C15H24N4O3/c1-10(2)11-3-5-12(6-4-11)15(22)16-7-13-8-19(18-17-13)9-14(20)21/h8,10-12H,3-7,9H2,1-2H3,(H,16,22)(H,20,21). The van der Waals surface area contributed by atoms with Gasteiger partial charge in [0.2, 0.25) is 5.91 Å². The second kappa shape index (κ2) is 7.38. The van der Waals surface area contributed by atoms with Crippen molar-refractivity contribution < 1.29 is 14.7 Å². The highest BCUT2D eigenvalue weighted by atomic mass is 16.4. The molecule has 122 valence electrons. The summed E-state index contributed by atoms with van der Waals surface area (Å²) in [4.78, 5) is 22.7. The van der Waals surface area contributed by atoms with Crippen molar-refractivity contribution in [1.29, 1.82) is 0 Å². The van der Waals surface area contributed by atoms with Crippen LogP contribution in [0.4, 0.5) is 0 Å². The molecule has 1 fully saturated rings. The third-order valence-electron chi connectivity index (χ3n) is 4.41. The molecule has 0 aromatic carbocycles. The third kappa shape index (κ3) is 4.54. The predicted octanol–water partition coefficient (Wildman–Crippen LogP) is 1.44. The lowest BCUT2D eigenvalue weighted by molar-refractivity contribution is -0.138. The van der Waals surface area contributed by atoms with Crippen LogP contribution in [-0.4, -0.2) is 32.0 Å². The molecular weight excluding hydrogens is 284 g/mol. The van der Waals surface area contributed by atoms with E-state index in [9.17, 15) is 9.59 Å². The average molecular weight is 308 g/mol. The van der Waals surface area contributed by atoms with Crippen LogP contribution in [0.15, 0.2) is 6.20 Å². The zero-order valence-corrected chi connectivity index (χ0v) is 13.2. The fourth-order valence-electron chi connectivity index (χ4n) is 3.01. The summed E-state index contributed by atoms with van der Waals surface area (Å²) in [6.07, 6.45) is 5.67. The van der Waals surface area contributed by atoms with Crippen molar-refractivity contribution in [3.8, 4) is 0 Å². The molecular formula is C15H24N4O3. The van der Waals surface area contributed by atoms with Crippen LogP contribution in [0, 0.1) is 17.8 Å². The molecule has 0 aliphatic heterocycles. The Morgan fingerprint density at radius 2 is 2.05 bits per heavy atom. The number of carboxylic acid groups (broad SMARTS) is 1. The normalized spacial score (nSPS) is 21.8. The molecule has 22 heavy (non-hydrogen) atoms. The molecule has 1 saturated carbocycles. The number of nitrogens with one attached hydrogen (secondary N) is 1. The predicted molar refractivity (Wildman–Crippen MR) is 79.8 cm³/mol. The van der Waals surface area contributed by atoms with Crippen molar-refractivity contribution in [2.24, 2.45) is 17.8 Å². The van der Waals surface area contributed by atoms with Gasteiger partial charge in [0.25, 0.3) is 0 Å². The Hall–Kier alpha value is -1.92. The van der Waals surface area contributed by atoms with Crippen molar-refractivity contribution in [2.75, 3.05) is 0 Å². The van der Waals surface area contributed by atoms with E-state index in [0.29, 0.717) is 18.2 Å². The van der Waals surface area contributed by atoms with Crippen molar-refractivity contribution in [1.82, 2.24) is 20.3 Å². The summed E-state index contributed by atoms with van der Waals surface area (Å²) in [6.45, 7) is 4.56. The van der Waals surface area contributed by atoms with Gasteiger partial charge in [-0.15, -0.1) is 5.10 Å². The first kappa shape index (κ1) is 16.5. The van der Waals surface area contributed by atoms with Gasteiger partial charge in [-0.1, -0.05) is 19.1 Å². The van der Waals surface area contributed by atoms with Gasteiger partial charge in [0, 0.05) is 5.92 Å². The van der Waals surface area contributed by atoms with Crippen LogP contribution in [-0.2, 0) is 22.7 Å². The van der Waals surface area contributed by atoms with Crippen LogP contribution in [0.3, 0.4) is 0 Å². The van der Waals surface area contributed by atoms with Gasteiger partial charge in [-0.25, -0.2) is 4.68 Å². The van der Waals surface area contributed by atoms with Crippen LogP contribution in [0.1, 0.15) is 45.2 Å². The van der Waals surface area contributed by atoms with Gasteiger partial charge in [0.15, 0.2) is 0 Å². The van der Waals surface area contributed by atoms with E-state index in [1.807, 2.05) is 0 Å². The maximum absolute atomic E-state index is 12.2. The second-order valence-electron chi connectivity index (χ2n) is 6.37. The van der Waals surface area contributed by atoms with Crippen LogP contribution >= 0.6 is 0 Å².